The van der Waals surface area contributed by atoms with Crippen molar-refractivity contribution in [3.63, 3.8) is 0 Å². The monoisotopic (exact) mass is 329 g/mol. The predicted octanol–water partition coefficient (Wildman–Crippen LogP) is 0.0847. The lowest BCUT2D eigenvalue weighted by atomic mass is 10.1. The molecule has 0 aliphatic carbocycles. The third-order valence-corrected chi connectivity index (χ3v) is 3.32. The molecule has 20 heavy (non-hydrogen) atoms. The molecule has 7 N–H and O–H groups in total. The van der Waals surface area contributed by atoms with Gasteiger partial charge in [0.15, 0.2) is 0 Å². The summed E-state index contributed by atoms with van der Waals surface area (Å²) >= 11 is 0. The Hall–Kier alpha value is -0.600. The summed E-state index contributed by atoms with van der Waals surface area (Å²) in [6.07, 6.45) is 0.494. The van der Waals surface area contributed by atoms with E-state index in [1.165, 1.54) is 0 Å². The molecule has 0 heterocycles. The Balaban J connectivity index is 0.000000370. The molecule has 0 bridgehead atoms. The maximum atomic E-state index is 9.63. The van der Waals surface area contributed by atoms with Gasteiger partial charge < -0.3 is 30.4 Å². The first-order chi connectivity index (χ1) is 8.79. The third-order valence-electron chi connectivity index (χ3n) is 1.62. The average Bonchev–Trinajstić information content (AvgIpc) is 2.10. The second-order valence-electron chi connectivity index (χ2n) is 4.08. The van der Waals surface area contributed by atoms with Gasteiger partial charge in [-0.1, -0.05) is 30.3 Å². The highest BCUT2D eigenvalue weighted by Crippen LogP contribution is 2.53. The summed E-state index contributed by atoms with van der Waals surface area (Å²) in [4.78, 5) is 31.0. The number of benzene rings is 1. The highest BCUT2D eigenvalue weighted by atomic mass is 31.3. The summed E-state index contributed by atoms with van der Waals surface area (Å²) in [6, 6.07) is 9.69. The van der Waals surface area contributed by atoms with E-state index in [0.717, 1.165) is 5.56 Å². The first-order valence-corrected chi connectivity index (χ1v) is 8.22. The van der Waals surface area contributed by atoms with Gasteiger partial charge in [0, 0.05) is 6.42 Å². The van der Waals surface area contributed by atoms with Gasteiger partial charge in [-0.05, 0) is 12.5 Å². The van der Waals surface area contributed by atoms with Crippen molar-refractivity contribution in [2.24, 2.45) is 5.73 Å². The maximum Gasteiger partial charge on any atom is 0.478 e. The van der Waals surface area contributed by atoms with Crippen molar-refractivity contribution in [3.05, 3.63) is 35.9 Å². The fourth-order valence-electron chi connectivity index (χ4n) is 1.15. The second-order valence-corrected chi connectivity index (χ2v) is 6.70. The van der Waals surface area contributed by atoms with Gasteiger partial charge in [-0.2, -0.15) is 4.31 Å². The fourth-order valence-corrected chi connectivity index (χ4v) is 2.26. The molecule has 1 aromatic carbocycles. The Morgan fingerprint density at radius 1 is 1.10 bits per heavy atom. The van der Waals surface area contributed by atoms with Crippen LogP contribution in [0.3, 0.4) is 0 Å². The first kappa shape index (κ1) is 19.4. The standard InChI is InChI=1S/C9H13NO.H4O7P2/c1-9(10,11)7-8-5-3-2-4-6-8;1-8(2,3)7-9(4,5)6/h2-6,11H,7,10H2,1H3;(H2,1,2,3)(H2,4,5,6). The molecule has 9 nitrogen and oxygen atoms in total. The Kier molecular flexibility index (Phi) is 7.20. The molecule has 1 aromatic rings. The van der Waals surface area contributed by atoms with Crippen molar-refractivity contribution in [1.82, 2.24) is 0 Å². The molecule has 116 valence electrons. The molecule has 1 rings (SSSR count). The smallest absolute Gasteiger partial charge is 0.376 e. The fraction of sp³-hybridized carbons (Fsp3) is 0.333. The van der Waals surface area contributed by atoms with Gasteiger partial charge in [-0.15, -0.1) is 0 Å². The van der Waals surface area contributed by atoms with E-state index < -0.39 is 21.4 Å². The quantitative estimate of drug-likeness (QED) is 0.330. The lowest BCUT2D eigenvalue weighted by molar-refractivity contribution is 0.0677. The molecule has 0 fully saturated rings. The van der Waals surface area contributed by atoms with E-state index in [9.17, 15) is 14.2 Å². The molecule has 0 aliphatic rings. The zero-order valence-electron chi connectivity index (χ0n) is 10.5. The van der Waals surface area contributed by atoms with Gasteiger partial charge in [-0.25, -0.2) is 9.13 Å². The number of hydrogen-bond acceptors (Lipinski definition) is 5. The van der Waals surface area contributed by atoms with Crippen LogP contribution < -0.4 is 5.73 Å². The summed E-state index contributed by atoms with van der Waals surface area (Å²) in [7, 11) is -10.1. The molecule has 0 amide bonds. The first-order valence-electron chi connectivity index (χ1n) is 5.16. The zero-order valence-corrected chi connectivity index (χ0v) is 12.3. The molecule has 0 radical (unpaired) electrons. The Morgan fingerprint density at radius 2 is 1.50 bits per heavy atom. The normalized spacial score (nSPS) is 14.9. The molecule has 0 spiro atoms. The van der Waals surface area contributed by atoms with Crippen molar-refractivity contribution in [1.29, 1.82) is 0 Å². The second kappa shape index (κ2) is 7.42. The van der Waals surface area contributed by atoms with Gasteiger partial charge in [0.2, 0.25) is 0 Å². The Morgan fingerprint density at radius 3 is 1.75 bits per heavy atom. The van der Waals surface area contributed by atoms with E-state index in [1.807, 2.05) is 30.3 Å². The average molecular weight is 329 g/mol. The van der Waals surface area contributed by atoms with Crippen LogP contribution in [0.2, 0.25) is 0 Å². The lowest BCUT2D eigenvalue weighted by Gasteiger charge is -2.16. The minimum Gasteiger partial charge on any atom is -0.376 e. The zero-order chi connectivity index (χ0) is 16.0. The predicted molar refractivity (Wildman–Crippen MR) is 70.1 cm³/mol. The van der Waals surface area contributed by atoms with Crippen molar-refractivity contribution in [2.75, 3.05) is 0 Å². The van der Waals surface area contributed by atoms with Gasteiger partial charge in [0.1, 0.15) is 5.72 Å². The summed E-state index contributed by atoms with van der Waals surface area (Å²) < 4.78 is 22.2. The number of hydrogen-bond donors (Lipinski definition) is 6. The minimum atomic E-state index is -5.05. The largest absolute Gasteiger partial charge is 0.478 e. The summed E-state index contributed by atoms with van der Waals surface area (Å²) in [5.74, 6) is 0. The third kappa shape index (κ3) is 13.8. The summed E-state index contributed by atoms with van der Waals surface area (Å²) in [5.41, 5.74) is 5.38. The van der Waals surface area contributed by atoms with Crippen LogP contribution in [0, 0.1) is 0 Å². The number of rotatable bonds is 4. The Labute approximate surface area is 115 Å². The van der Waals surface area contributed by atoms with Crippen LogP contribution in [0.1, 0.15) is 12.5 Å². The number of nitrogens with two attached hydrogens (primary N) is 1. The highest BCUT2D eigenvalue weighted by Gasteiger charge is 2.27. The van der Waals surface area contributed by atoms with Crippen molar-refractivity contribution < 1.29 is 38.1 Å². The van der Waals surface area contributed by atoms with E-state index in [-0.39, 0.29) is 0 Å². The minimum absolute atomic E-state index is 0.494. The number of phosphoric acid groups is 2. The van der Waals surface area contributed by atoms with Crippen LogP contribution >= 0.6 is 15.6 Å². The molecule has 11 heteroatoms. The molecule has 1 atom stereocenters. The molecule has 0 saturated heterocycles. The van der Waals surface area contributed by atoms with E-state index in [0.29, 0.717) is 6.42 Å². The van der Waals surface area contributed by atoms with Crippen LogP contribution in [-0.4, -0.2) is 30.4 Å². The highest BCUT2D eigenvalue weighted by molar-refractivity contribution is 7.60. The topological polar surface area (TPSA) is 171 Å². The van der Waals surface area contributed by atoms with Gasteiger partial charge >= 0.3 is 15.6 Å². The van der Waals surface area contributed by atoms with Gasteiger partial charge in [0.25, 0.3) is 0 Å². The van der Waals surface area contributed by atoms with Crippen LogP contribution in [0.15, 0.2) is 30.3 Å². The van der Waals surface area contributed by atoms with Crippen molar-refractivity contribution in [2.45, 2.75) is 19.1 Å². The van der Waals surface area contributed by atoms with Crippen molar-refractivity contribution >= 4 is 15.6 Å². The Bertz CT molecular complexity index is 468. The maximum absolute atomic E-state index is 9.63. The molecule has 1 unspecified atom stereocenters. The van der Waals surface area contributed by atoms with Gasteiger partial charge in [-0.3, -0.25) is 0 Å². The summed E-state index contributed by atoms with van der Waals surface area (Å²) in [5, 5.41) is 9.25. The molecular weight excluding hydrogens is 312 g/mol. The van der Waals surface area contributed by atoms with Crippen LogP contribution in [0.5, 0.6) is 0 Å². The van der Waals surface area contributed by atoms with E-state index in [4.69, 9.17) is 25.3 Å². The van der Waals surface area contributed by atoms with Gasteiger partial charge in [0.05, 0.1) is 0 Å². The van der Waals surface area contributed by atoms with Crippen LogP contribution in [0.25, 0.3) is 0 Å². The number of aliphatic hydroxyl groups is 1. The molecule has 0 aromatic heterocycles. The van der Waals surface area contributed by atoms with E-state index in [1.54, 1.807) is 6.92 Å². The SMILES string of the molecule is CC(N)(O)Cc1ccccc1.O=P(O)(O)OP(=O)(O)O. The molecular formula is C9H17NO8P2. The lowest BCUT2D eigenvalue weighted by Crippen LogP contribution is -2.37. The molecule has 0 aliphatic heterocycles. The van der Waals surface area contributed by atoms with E-state index in [2.05, 4.69) is 4.31 Å². The van der Waals surface area contributed by atoms with Crippen LogP contribution in [-0.2, 0) is 19.9 Å². The van der Waals surface area contributed by atoms with Crippen molar-refractivity contribution in [3.8, 4) is 0 Å². The van der Waals surface area contributed by atoms with E-state index >= 15 is 0 Å². The molecule has 0 saturated carbocycles. The van der Waals surface area contributed by atoms with Crippen LogP contribution in [0.4, 0.5) is 0 Å². The summed E-state index contributed by atoms with van der Waals surface area (Å²) in [6.45, 7) is 1.60.